The van der Waals surface area contributed by atoms with Crippen LogP contribution < -0.4 is 10.1 Å². The second kappa shape index (κ2) is 7.12. The van der Waals surface area contributed by atoms with Gasteiger partial charge in [-0.3, -0.25) is 9.59 Å². The molecule has 2 rings (SSSR count). The average molecular weight is 330 g/mol. The van der Waals surface area contributed by atoms with Gasteiger partial charge >= 0.3 is 0 Å². The summed E-state index contributed by atoms with van der Waals surface area (Å²) in [6, 6.07) is 9.30. The van der Waals surface area contributed by atoms with Gasteiger partial charge in [0.2, 0.25) is 0 Å². The topological polar surface area (TPSA) is 58.6 Å². The van der Waals surface area contributed by atoms with Crippen LogP contribution in [0.25, 0.3) is 0 Å². The third-order valence-corrected chi connectivity index (χ3v) is 3.53. The van der Waals surface area contributed by atoms with E-state index in [1.807, 2.05) is 0 Å². The number of amides is 2. The summed E-state index contributed by atoms with van der Waals surface area (Å²) in [6.45, 7) is 1.59. The number of carbonyl (C=O) groups is 2. The second-order valence-corrected chi connectivity index (χ2v) is 5.51. The molecule has 0 aliphatic rings. The molecule has 0 atom stereocenters. The summed E-state index contributed by atoms with van der Waals surface area (Å²) in [4.78, 5) is 25.9. The summed E-state index contributed by atoms with van der Waals surface area (Å²) in [5.74, 6) is -1.00. The molecule has 0 saturated carbocycles. The van der Waals surface area contributed by atoms with Crippen LogP contribution in [0.2, 0.25) is 0 Å². The first-order chi connectivity index (χ1) is 11.3. The van der Waals surface area contributed by atoms with Crippen molar-refractivity contribution in [2.24, 2.45) is 0 Å². The van der Waals surface area contributed by atoms with Gasteiger partial charge in [0.05, 0.1) is 18.2 Å². The van der Waals surface area contributed by atoms with Crippen LogP contribution in [0, 0.1) is 12.7 Å². The Morgan fingerprint density at radius 3 is 2.46 bits per heavy atom. The van der Waals surface area contributed by atoms with Crippen molar-refractivity contribution in [3.05, 3.63) is 58.9 Å². The van der Waals surface area contributed by atoms with E-state index in [2.05, 4.69) is 5.32 Å². The Bertz CT molecular complexity index is 788. The number of hydrogen-bond acceptors (Lipinski definition) is 3. The van der Waals surface area contributed by atoms with Gasteiger partial charge in [-0.15, -0.1) is 0 Å². The molecule has 2 aromatic carbocycles. The van der Waals surface area contributed by atoms with E-state index in [0.717, 1.165) is 0 Å². The zero-order valence-electron chi connectivity index (χ0n) is 14.0. The van der Waals surface area contributed by atoms with Crippen LogP contribution in [-0.4, -0.2) is 37.9 Å². The number of ether oxygens (including phenoxy) is 1. The molecule has 0 aliphatic heterocycles. The van der Waals surface area contributed by atoms with E-state index in [4.69, 9.17) is 4.74 Å². The van der Waals surface area contributed by atoms with Crippen molar-refractivity contribution in [1.82, 2.24) is 4.90 Å². The van der Waals surface area contributed by atoms with Crippen molar-refractivity contribution < 1.29 is 18.7 Å². The van der Waals surface area contributed by atoms with Crippen molar-refractivity contribution in [2.75, 3.05) is 26.5 Å². The van der Waals surface area contributed by atoms with Crippen LogP contribution in [0.4, 0.5) is 10.1 Å². The van der Waals surface area contributed by atoms with Gasteiger partial charge in [-0.25, -0.2) is 4.39 Å². The number of hydrogen-bond donors (Lipinski definition) is 1. The van der Waals surface area contributed by atoms with Crippen LogP contribution in [0.3, 0.4) is 0 Å². The third kappa shape index (κ3) is 3.53. The van der Waals surface area contributed by atoms with Gasteiger partial charge in [0.1, 0.15) is 11.6 Å². The van der Waals surface area contributed by atoms with Gasteiger partial charge in [0, 0.05) is 19.8 Å². The smallest absolute Gasteiger partial charge is 0.258 e. The molecule has 0 spiro atoms. The van der Waals surface area contributed by atoms with E-state index in [9.17, 15) is 14.0 Å². The predicted octanol–water partition coefficient (Wildman–Crippen LogP) is 3.10. The quantitative estimate of drug-likeness (QED) is 0.937. The lowest BCUT2D eigenvalue weighted by atomic mass is 10.1. The van der Waals surface area contributed by atoms with Crippen molar-refractivity contribution in [3.63, 3.8) is 0 Å². The van der Waals surface area contributed by atoms with Crippen LogP contribution in [0.5, 0.6) is 5.75 Å². The fourth-order valence-electron chi connectivity index (χ4n) is 2.21. The van der Waals surface area contributed by atoms with Crippen molar-refractivity contribution in [3.8, 4) is 5.75 Å². The standard InChI is InChI=1S/C18H19FN2O3/c1-11-6-5-7-13(16(11)19)17(22)20-12-8-9-15(24-4)14(10-12)18(23)21(2)3/h5-10H,1-4H3,(H,20,22). The normalized spacial score (nSPS) is 10.2. The fourth-order valence-corrected chi connectivity index (χ4v) is 2.21. The Kier molecular flexibility index (Phi) is 5.18. The minimum absolute atomic E-state index is 0.0497. The predicted molar refractivity (Wildman–Crippen MR) is 90.1 cm³/mol. The highest BCUT2D eigenvalue weighted by molar-refractivity contribution is 6.05. The van der Waals surface area contributed by atoms with Gasteiger partial charge in [-0.2, -0.15) is 0 Å². The fraction of sp³-hybridized carbons (Fsp3) is 0.222. The highest BCUT2D eigenvalue weighted by Crippen LogP contribution is 2.24. The Morgan fingerprint density at radius 1 is 1.12 bits per heavy atom. The van der Waals surface area contributed by atoms with E-state index in [-0.39, 0.29) is 11.5 Å². The number of nitrogens with one attached hydrogen (secondary N) is 1. The van der Waals surface area contributed by atoms with Gasteiger partial charge in [-0.05, 0) is 36.8 Å². The Hall–Kier alpha value is -2.89. The SMILES string of the molecule is COc1ccc(NC(=O)c2cccc(C)c2F)cc1C(=O)N(C)C. The van der Waals surface area contributed by atoms with Crippen molar-refractivity contribution in [1.29, 1.82) is 0 Å². The molecule has 126 valence electrons. The first kappa shape index (κ1) is 17.5. The van der Waals surface area contributed by atoms with E-state index < -0.39 is 11.7 Å². The lowest BCUT2D eigenvalue weighted by Gasteiger charge is -2.15. The Labute approximate surface area is 140 Å². The number of benzene rings is 2. The maximum atomic E-state index is 14.0. The summed E-state index contributed by atoms with van der Waals surface area (Å²) in [5, 5.41) is 2.61. The summed E-state index contributed by atoms with van der Waals surface area (Å²) >= 11 is 0. The van der Waals surface area contributed by atoms with Crippen LogP contribution in [0.15, 0.2) is 36.4 Å². The maximum Gasteiger partial charge on any atom is 0.258 e. The lowest BCUT2D eigenvalue weighted by Crippen LogP contribution is -2.22. The van der Waals surface area contributed by atoms with E-state index in [1.165, 1.54) is 24.1 Å². The number of carbonyl (C=O) groups excluding carboxylic acids is 2. The number of rotatable bonds is 4. The number of nitrogens with zero attached hydrogens (tertiary/aromatic N) is 1. The summed E-state index contributed by atoms with van der Waals surface area (Å²) in [7, 11) is 4.70. The summed E-state index contributed by atoms with van der Waals surface area (Å²) in [6.07, 6.45) is 0. The van der Waals surface area contributed by atoms with Crippen LogP contribution >= 0.6 is 0 Å². The molecule has 0 heterocycles. The van der Waals surface area contributed by atoms with E-state index >= 15 is 0 Å². The van der Waals surface area contributed by atoms with Gasteiger partial charge in [-0.1, -0.05) is 12.1 Å². The van der Waals surface area contributed by atoms with Crippen LogP contribution in [0.1, 0.15) is 26.3 Å². The first-order valence-electron chi connectivity index (χ1n) is 7.31. The molecule has 5 nitrogen and oxygen atoms in total. The van der Waals surface area contributed by atoms with E-state index in [0.29, 0.717) is 22.6 Å². The largest absolute Gasteiger partial charge is 0.496 e. The molecule has 1 N–H and O–H groups in total. The van der Waals surface area contributed by atoms with Crippen molar-refractivity contribution >= 4 is 17.5 Å². The second-order valence-electron chi connectivity index (χ2n) is 5.51. The number of aryl methyl sites for hydroxylation is 1. The van der Waals surface area contributed by atoms with Gasteiger partial charge < -0.3 is 15.0 Å². The minimum atomic E-state index is -0.579. The molecular formula is C18H19FN2O3. The Balaban J connectivity index is 2.33. The molecule has 0 aromatic heterocycles. The van der Waals surface area contributed by atoms with E-state index in [1.54, 1.807) is 45.3 Å². The number of anilines is 1. The molecule has 0 bridgehead atoms. The molecular weight excluding hydrogens is 311 g/mol. The van der Waals surface area contributed by atoms with Gasteiger partial charge in [0.25, 0.3) is 11.8 Å². The zero-order valence-corrected chi connectivity index (χ0v) is 14.0. The molecule has 0 fully saturated rings. The number of methoxy groups -OCH3 is 1. The Morgan fingerprint density at radius 2 is 1.83 bits per heavy atom. The van der Waals surface area contributed by atoms with Crippen molar-refractivity contribution in [2.45, 2.75) is 6.92 Å². The third-order valence-electron chi connectivity index (χ3n) is 3.53. The monoisotopic (exact) mass is 330 g/mol. The highest BCUT2D eigenvalue weighted by atomic mass is 19.1. The first-order valence-corrected chi connectivity index (χ1v) is 7.31. The average Bonchev–Trinajstić information content (AvgIpc) is 2.56. The molecule has 2 aromatic rings. The molecule has 0 saturated heterocycles. The summed E-state index contributed by atoms with van der Waals surface area (Å²) in [5.41, 5.74) is 1.03. The molecule has 2 amide bonds. The number of halogens is 1. The highest BCUT2D eigenvalue weighted by Gasteiger charge is 2.17. The zero-order chi connectivity index (χ0) is 17.9. The summed E-state index contributed by atoms with van der Waals surface area (Å²) < 4.78 is 19.2. The molecule has 0 aliphatic carbocycles. The maximum absolute atomic E-state index is 14.0. The molecule has 0 unspecified atom stereocenters. The molecule has 24 heavy (non-hydrogen) atoms. The molecule has 0 radical (unpaired) electrons. The van der Waals surface area contributed by atoms with Gasteiger partial charge in [0.15, 0.2) is 0 Å². The lowest BCUT2D eigenvalue weighted by molar-refractivity contribution is 0.0824. The molecule has 6 heteroatoms. The van der Waals surface area contributed by atoms with Crippen LogP contribution in [-0.2, 0) is 0 Å². The minimum Gasteiger partial charge on any atom is -0.496 e.